The summed E-state index contributed by atoms with van der Waals surface area (Å²) in [5.74, 6) is 1.00. The van der Waals surface area contributed by atoms with Crippen LogP contribution in [-0.4, -0.2) is 24.7 Å². The number of rotatable bonds is 4. The number of allylic oxidation sites excluding steroid dienone is 3. The van der Waals surface area contributed by atoms with Crippen LogP contribution in [0.1, 0.15) is 6.92 Å². The SMILES string of the molecule is C=C/C=C\C1=C(C)OCN(CC=C)C1. The van der Waals surface area contributed by atoms with Crippen molar-refractivity contribution in [3.05, 3.63) is 48.8 Å². The highest BCUT2D eigenvalue weighted by Gasteiger charge is 2.13. The molecule has 0 aliphatic carbocycles. The second-order valence-corrected chi connectivity index (χ2v) is 3.25. The van der Waals surface area contributed by atoms with Crippen molar-refractivity contribution in [1.82, 2.24) is 4.90 Å². The van der Waals surface area contributed by atoms with Gasteiger partial charge in [0.25, 0.3) is 0 Å². The largest absolute Gasteiger partial charge is 0.482 e. The Hall–Kier alpha value is -1.28. The van der Waals surface area contributed by atoms with E-state index in [9.17, 15) is 0 Å². The third-order valence-corrected chi connectivity index (χ3v) is 2.13. The monoisotopic (exact) mass is 191 g/mol. The summed E-state index contributed by atoms with van der Waals surface area (Å²) >= 11 is 0. The Kier molecular flexibility index (Phi) is 4.20. The topological polar surface area (TPSA) is 12.5 Å². The van der Waals surface area contributed by atoms with Crippen LogP contribution in [0.4, 0.5) is 0 Å². The molecule has 0 saturated carbocycles. The number of hydrogen-bond acceptors (Lipinski definition) is 2. The maximum Gasteiger partial charge on any atom is 0.142 e. The van der Waals surface area contributed by atoms with Crippen LogP contribution in [0.5, 0.6) is 0 Å². The molecule has 1 aliphatic heterocycles. The fraction of sp³-hybridized carbons (Fsp3) is 0.333. The molecule has 1 rings (SSSR count). The van der Waals surface area contributed by atoms with E-state index in [2.05, 4.69) is 18.1 Å². The molecular weight excluding hydrogens is 174 g/mol. The Balaban J connectivity index is 2.65. The highest BCUT2D eigenvalue weighted by atomic mass is 16.5. The Bertz CT molecular complexity index is 276. The third kappa shape index (κ3) is 2.89. The molecule has 0 unspecified atom stereocenters. The maximum absolute atomic E-state index is 5.52. The van der Waals surface area contributed by atoms with E-state index in [0.717, 1.165) is 18.8 Å². The van der Waals surface area contributed by atoms with Crippen LogP contribution in [0.2, 0.25) is 0 Å². The molecule has 0 aromatic carbocycles. The standard InChI is InChI=1S/C12H17NO/c1-4-6-7-12-9-13(8-5-2)10-14-11(12)3/h4-7H,1-2,8-10H2,3H3/b7-6-. The average molecular weight is 191 g/mol. The molecule has 0 spiro atoms. The van der Waals surface area contributed by atoms with Crippen molar-refractivity contribution in [2.24, 2.45) is 0 Å². The number of nitrogens with zero attached hydrogens (tertiary/aromatic N) is 1. The van der Waals surface area contributed by atoms with E-state index < -0.39 is 0 Å². The second-order valence-electron chi connectivity index (χ2n) is 3.25. The Morgan fingerprint density at radius 3 is 2.93 bits per heavy atom. The molecular formula is C12H17NO. The van der Waals surface area contributed by atoms with Crippen LogP contribution in [-0.2, 0) is 4.74 Å². The van der Waals surface area contributed by atoms with Gasteiger partial charge in [-0.05, 0) is 6.92 Å². The van der Waals surface area contributed by atoms with Crippen LogP contribution in [0, 0.1) is 0 Å². The van der Waals surface area contributed by atoms with Crippen LogP contribution in [0.25, 0.3) is 0 Å². The number of hydrogen-bond donors (Lipinski definition) is 0. The normalized spacial score (nSPS) is 18.4. The molecule has 0 aromatic heterocycles. The van der Waals surface area contributed by atoms with Crippen molar-refractivity contribution >= 4 is 0 Å². The third-order valence-electron chi connectivity index (χ3n) is 2.13. The van der Waals surface area contributed by atoms with E-state index >= 15 is 0 Å². The molecule has 0 bridgehead atoms. The first-order valence-electron chi connectivity index (χ1n) is 4.73. The molecule has 0 atom stereocenters. The van der Waals surface area contributed by atoms with Gasteiger partial charge in [-0.2, -0.15) is 0 Å². The van der Waals surface area contributed by atoms with Crippen LogP contribution in [0.15, 0.2) is 48.8 Å². The quantitative estimate of drug-likeness (QED) is 0.500. The summed E-state index contributed by atoms with van der Waals surface area (Å²) in [6.07, 6.45) is 7.63. The molecule has 0 saturated heterocycles. The smallest absolute Gasteiger partial charge is 0.142 e. The lowest BCUT2D eigenvalue weighted by atomic mass is 10.2. The zero-order valence-electron chi connectivity index (χ0n) is 8.70. The fourth-order valence-corrected chi connectivity index (χ4v) is 1.33. The molecule has 0 radical (unpaired) electrons. The molecule has 0 amide bonds. The molecule has 76 valence electrons. The van der Waals surface area contributed by atoms with E-state index in [1.165, 1.54) is 5.57 Å². The van der Waals surface area contributed by atoms with Gasteiger partial charge < -0.3 is 4.74 Å². The van der Waals surface area contributed by atoms with Gasteiger partial charge in [0.2, 0.25) is 0 Å². The van der Waals surface area contributed by atoms with E-state index in [-0.39, 0.29) is 0 Å². The highest BCUT2D eigenvalue weighted by molar-refractivity contribution is 5.26. The van der Waals surface area contributed by atoms with Crippen molar-refractivity contribution in [2.75, 3.05) is 19.8 Å². The Morgan fingerprint density at radius 1 is 1.50 bits per heavy atom. The van der Waals surface area contributed by atoms with Gasteiger partial charge in [-0.15, -0.1) is 6.58 Å². The first kappa shape index (κ1) is 10.8. The summed E-state index contributed by atoms with van der Waals surface area (Å²) in [4.78, 5) is 2.18. The van der Waals surface area contributed by atoms with Crippen LogP contribution in [0.3, 0.4) is 0 Å². The minimum Gasteiger partial charge on any atom is -0.482 e. The minimum absolute atomic E-state index is 0.656. The summed E-state index contributed by atoms with van der Waals surface area (Å²) < 4.78 is 5.52. The summed E-state index contributed by atoms with van der Waals surface area (Å²) in [5.41, 5.74) is 1.21. The lowest BCUT2D eigenvalue weighted by Crippen LogP contribution is -2.32. The predicted octanol–water partition coefficient (Wildman–Crippen LogP) is 2.48. The van der Waals surface area contributed by atoms with Gasteiger partial charge in [0.05, 0.1) is 5.76 Å². The summed E-state index contributed by atoms with van der Waals surface area (Å²) in [7, 11) is 0. The highest BCUT2D eigenvalue weighted by Crippen LogP contribution is 2.15. The summed E-state index contributed by atoms with van der Waals surface area (Å²) in [6.45, 7) is 11.8. The maximum atomic E-state index is 5.52. The zero-order chi connectivity index (χ0) is 10.4. The Morgan fingerprint density at radius 2 is 2.29 bits per heavy atom. The van der Waals surface area contributed by atoms with Crippen molar-refractivity contribution in [3.63, 3.8) is 0 Å². The van der Waals surface area contributed by atoms with Crippen LogP contribution < -0.4 is 0 Å². The number of ether oxygens (including phenoxy) is 1. The lowest BCUT2D eigenvalue weighted by molar-refractivity contribution is 0.0674. The molecule has 2 heteroatoms. The first-order valence-corrected chi connectivity index (χ1v) is 4.73. The molecule has 0 aromatic rings. The molecule has 1 heterocycles. The van der Waals surface area contributed by atoms with Gasteiger partial charge in [-0.1, -0.05) is 30.9 Å². The van der Waals surface area contributed by atoms with Crippen molar-refractivity contribution < 1.29 is 4.74 Å². The molecule has 2 nitrogen and oxygen atoms in total. The van der Waals surface area contributed by atoms with Crippen molar-refractivity contribution in [1.29, 1.82) is 0 Å². The van der Waals surface area contributed by atoms with Gasteiger partial charge in [-0.25, -0.2) is 0 Å². The van der Waals surface area contributed by atoms with Gasteiger partial charge in [0.15, 0.2) is 0 Å². The van der Waals surface area contributed by atoms with Gasteiger partial charge >= 0.3 is 0 Å². The van der Waals surface area contributed by atoms with Crippen LogP contribution >= 0.6 is 0 Å². The van der Waals surface area contributed by atoms with Gasteiger partial charge in [0, 0.05) is 18.7 Å². The van der Waals surface area contributed by atoms with Gasteiger partial charge in [-0.3, -0.25) is 4.90 Å². The Labute approximate surface area is 85.9 Å². The summed E-state index contributed by atoms with van der Waals surface area (Å²) in [5, 5.41) is 0. The second kappa shape index (κ2) is 5.45. The van der Waals surface area contributed by atoms with Crippen molar-refractivity contribution in [2.45, 2.75) is 6.92 Å². The molecule has 0 N–H and O–H groups in total. The average Bonchev–Trinajstić information content (AvgIpc) is 2.19. The first-order chi connectivity index (χ1) is 6.77. The molecule has 0 fully saturated rings. The van der Waals surface area contributed by atoms with E-state index in [1.54, 1.807) is 6.08 Å². The van der Waals surface area contributed by atoms with Gasteiger partial charge in [0.1, 0.15) is 6.73 Å². The minimum atomic E-state index is 0.656. The fourth-order valence-electron chi connectivity index (χ4n) is 1.33. The lowest BCUT2D eigenvalue weighted by Gasteiger charge is -2.27. The predicted molar refractivity (Wildman–Crippen MR) is 59.8 cm³/mol. The molecule has 1 aliphatic rings. The zero-order valence-corrected chi connectivity index (χ0v) is 8.70. The van der Waals surface area contributed by atoms with E-state index in [0.29, 0.717) is 6.73 Å². The van der Waals surface area contributed by atoms with E-state index in [4.69, 9.17) is 4.74 Å². The molecule has 14 heavy (non-hydrogen) atoms. The van der Waals surface area contributed by atoms with Crippen molar-refractivity contribution in [3.8, 4) is 0 Å². The van der Waals surface area contributed by atoms with E-state index in [1.807, 2.05) is 25.2 Å². The summed E-state index contributed by atoms with van der Waals surface area (Å²) in [6, 6.07) is 0.